The quantitative estimate of drug-likeness (QED) is 0.144. The summed E-state index contributed by atoms with van der Waals surface area (Å²) < 4.78 is 6.37. The molecule has 2 unspecified atom stereocenters. The van der Waals surface area contributed by atoms with E-state index in [0.29, 0.717) is 17.4 Å². The number of aliphatic carboxylic acids is 1. The minimum Gasteiger partial charge on any atom is -0.549 e. The number of nitrogens with zero attached hydrogens (tertiary/aromatic N) is 1. The summed E-state index contributed by atoms with van der Waals surface area (Å²) in [6.45, 7) is 6.45. The fourth-order valence-electron chi connectivity index (χ4n) is 4.08. The van der Waals surface area contributed by atoms with Gasteiger partial charge in [0, 0.05) is 6.42 Å². The van der Waals surface area contributed by atoms with E-state index in [-0.39, 0.29) is 11.9 Å². The number of ketones is 1. The third-order valence-corrected chi connectivity index (χ3v) is 5.67. The topological polar surface area (TPSA) is 66.4 Å². The Morgan fingerprint density at radius 1 is 0.774 bits per heavy atom. The number of hydrogen-bond acceptors (Lipinski definition) is 4. The van der Waals surface area contributed by atoms with Crippen molar-refractivity contribution < 1.29 is 23.9 Å². The molecule has 0 aromatic heterocycles. The number of unbranched alkanes of at least 4 members (excludes halogenated alkanes) is 12. The molecular formula is C26H51NO4. The van der Waals surface area contributed by atoms with Crippen LogP contribution in [0.5, 0.6) is 0 Å². The van der Waals surface area contributed by atoms with Gasteiger partial charge in [-0.3, -0.25) is 4.79 Å². The Balaban J connectivity index is 4.13. The zero-order chi connectivity index (χ0) is 23.7. The molecule has 0 saturated carbocycles. The van der Waals surface area contributed by atoms with Gasteiger partial charge in [-0.05, 0) is 20.3 Å². The first kappa shape index (κ1) is 30.1. The van der Waals surface area contributed by atoms with Crippen molar-refractivity contribution in [2.75, 3.05) is 27.7 Å². The van der Waals surface area contributed by atoms with Crippen LogP contribution >= 0.6 is 0 Å². The van der Waals surface area contributed by atoms with Crippen molar-refractivity contribution in [3.8, 4) is 0 Å². The number of Topliss-reactive ketones (excluding diaryl/α,β-unsaturated/α-hetero) is 1. The molecule has 0 aromatic rings. The Kier molecular flexibility index (Phi) is 17.1. The van der Waals surface area contributed by atoms with E-state index in [2.05, 4.69) is 6.92 Å². The summed E-state index contributed by atoms with van der Waals surface area (Å²) >= 11 is 0. The van der Waals surface area contributed by atoms with Gasteiger partial charge < -0.3 is 19.1 Å². The minimum atomic E-state index is -1.31. The normalized spacial score (nSPS) is 14.0. The van der Waals surface area contributed by atoms with Crippen LogP contribution in [0.3, 0.4) is 0 Å². The average Bonchev–Trinajstić information content (AvgIpc) is 2.63. The van der Waals surface area contributed by atoms with Crippen LogP contribution in [-0.4, -0.2) is 56.1 Å². The van der Waals surface area contributed by atoms with E-state index in [0.717, 1.165) is 19.3 Å². The second-order valence-electron chi connectivity index (χ2n) is 10.5. The highest BCUT2D eigenvalue weighted by molar-refractivity contribution is 5.98. The first-order valence-electron chi connectivity index (χ1n) is 12.8. The van der Waals surface area contributed by atoms with Crippen LogP contribution < -0.4 is 5.11 Å². The van der Waals surface area contributed by atoms with Crippen LogP contribution in [0.2, 0.25) is 0 Å². The van der Waals surface area contributed by atoms with Gasteiger partial charge in [0.1, 0.15) is 18.4 Å². The van der Waals surface area contributed by atoms with Crippen molar-refractivity contribution in [2.24, 2.45) is 5.92 Å². The second kappa shape index (κ2) is 17.6. The molecular weight excluding hydrogens is 390 g/mol. The maximum absolute atomic E-state index is 12.7. The monoisotopic (exact) mass is 441 g/mol. The van der Waals surface area contributed by atoms with Gasteiger partial charge in [-0.15, -0.1) is 0 Å². The van der Waals surface area contributed by atoms with E-state index in [1.807, 2.05) is 35.0 Å². The van der Waals surface area contributed by atoms with Gasteiger partial charge in [-0.2, -0.15) is 0 Å². The summed E-state index contributed by atoms with van der Waals surface area (Å²) in [7, 11) is 5.92. The number of likely N-dealkylation sites (N-methyl/N-ethyl adjacent to an activating group) is 1. The van der Waals surface area contributed by atoms with E-state index < -0.39 is 18.0 Å². The summed E-state index contributed by atoms with van der Waals surface area (Å²) in [5, 5.41) is 11.8. The summed E-state index contributed by atoms with van der Waals surface area (Å²) in [5.74, 6) is -2.74. The molecule has 31 heavy (non-hydrogen) atoms. The molecule has 184 valence electrons. The number of quaternary nitrogens is 1. The van der Waals surface area contributed by atoms with Crippen molar-refractivity contribution in [1.82, 2.24) is 0 Å². The molecule has 0 fully saturated rings. The van der Waals surface area contributed by atoms with Gasteiger partial charge in [0.2, 0.25) is 0 Å². The minimum absolute atomic E-state index is 0.137. The van der Waals surface area contributed by atoms with Crippen molar-refractivity contribution in [3.63, 3.8) is 0 Å². The lowest BCUT2D eigenvalue weighted by atomic mass is 9.92. The smallest absolute Gasteiger partial charge is 0.144 e. The van der Waals surface area contributed by atoms with E-state index in [4.69, 9.17) is 4.74 Å². The molecule has 0 spiro atoms. The number of carboxylic acids is 1. The van der Waals surface area contributed by atoms with Crippen LogP contribution in [0.1, 0.15) is 111 Å². The molecule has 0 bridgehead atoms. The third kappa shape index (κ3) is 17.3. The van der Waals surface area contributed by atoms with Gasteiger partial charge in [-0.25, -0.2) is 0 Å². The van der Waals surface area contributed by atoms with Crippen molar-refractivity contribution in [1.29, 1.82) is 0 Å². The molecule has 2 atom stereocenters. The molecule has 0 aliphatic rings. The van der Waals surface area contributed by atoms with Crippen molar-refractivity contribution >= 4 is 11.8 Å². The molecule has 5 heteroatoms. The first-order valence-corrected chi connectivity index (χ1v) is 12.8. The predicted octanol–water partition coefficient (Wildman–Crippen LogP) is 4.90. The average molecular weight is 442 g/mol. The summed E-state index contributed by atoms with van der Waals surface area (Å²) in [6.07, 6.45) is 15.6. The largest absolute Gasteiger partial charge is 0.549 e. The van der Waals surface area contributed by atoms with Gasteiger partial charge in [0.15, 0.2) is 0 Å². The number of carbonyl (C=O) groups is 2. The Bertz CT molecular complexity index is 471. The third-order valence-electron chi connectivity index (χ3n) is 5.67. The number of rotatable bonds is 21. The van der Waals surface area contributed by atoms with Gasteiger partial charge in [-0.1, -0.05) is 84.0 Å². The molecule has 0 radical (unpaired) electrons. The first-order chi connectivity index (χ1) is 14.6. The molecule has 0 N–H and O–H groups in total. The molecule has 0 saturated heterocycles. The highest BCUT2D eigenvalue weighted by Crippen LogP contribution is 2.19. The number of carboxylic acid groups (broad SMARTS) is 1. The zero-order valence-electron chi connectivity index (χ0n) is 21.4. The van der Waals surface area contributed by atoms with Crippen molar-refractivity contribution in [3.05, 3.63) is 0 Å². The Labute approximate surface area is 192 Å². The van der Waals surface area contributed by atoms with Crippen LogP contribution in [-0.2, 0) is 14.3 Å². The van der Waals surface area contributed by atoms with E-state index in [1.54, 1.807) is 0 Å². The lowest BCUT2D eigenvalue weighted by Gasteiger charge is -2.34. The molecule has 0 heterocycles. The Morgan fingerprint density at radius 2 is 1.19 bits per heavy atom. The molecule has 0 aromatic carbocycles. The Morgan fingerprint density at radius 3 is 1.55 bits per heavy atom. The van der Waals surface area contributed by atoms with Crippen LogP contribution in [0, 0.1) is 5.92 Å². The standard InChI is InChI=1S/C26H51NO4/c1-7-8-9-10-11-12-13-14-15-16-17-18-19-20-23(28)25(26(29)30)24(31-22(2)3)21-27(4,5)6/h22,24-25H,7-21H2,1-6H3. The maximum atomic E-state index is 12.7. The number of ether oxygens (including phenoxy) is 1. The van der Waals surface area contributed by atoms with Gasteiger partial charge in [0.05, 0.1) is 39.1 Å². The predicted molar refractivity (Wildman–Crippen MR) is 127 cm³/mol. The highest BCUT2D eigenvalue weighted by atomic mass is 16.5. The SMILES string of the molecule is CCCCCCCCCCCCCCCC(=O)C(C(=O)[O-])C(C[N+](C)(C)C)OC(C)C. The molecule has 0 amide bonds. The van der Waals surface area contributed by atoms with Gasteiger partial charge in [0.25, 0.3) is 0 Å². The molecule has 0 rings (SSSR count). The van der Waals surface area contributed by atoms with E-state index in [1.165, 1.54) is 64.2 Å². The van der Waals surface area contributed by atoms with E-state index >= 15 is 0 Å². The summed E-state index contributed by atoms with van der Waals surface area (Å²) in [6, 6.07) is 0. The van der Waals surface area contributed by atoms with Gasteiger partial charge >= 0.3 is 0 Å². The summed E-state index contributed by atoms with van der Waals surface area (Å²) in [4.78, 5) is 24.5. The number of carbonyl (C=O) groups excluding carboxylic acids is 2. The maximum Gasteiger partial charge on any atom is 0.144 e. The summed E-state index contributed by atoms with van der Waals surface area (Å²) in [5.41, 5.74) is 0. The Hall–Kier alpha value is -0.940. The molecule has 0 aliphatic carbocycles. The van der Waals surface area contributed by atoms with Crippen LogP contribution in [0.15, 0.2) is 0 Å². The zero-order valence-corrected chi connectivity index (χ0v) is 21.4. The fourth-order valence-corrected chi connectivity index (χ4v) is 4.08. The van der Waals surface area contributed by atoms with Crippen LogP contribution in [0.4, 0.5) is 0 Å². The molecule has 5 nitrogen and oxygen atoms in total. The fraction of sp³-hybridized carbons (Fsp3) is 0.923. The van der Waals surface area contributed by atoms with E-state index in [9.17, 15) is 14.7 Å². The van der Waals surface area contributed by atoms with Crippen molar-refractivity contribution in [2.45, 2.75) is 123 Å². The highest BCUT2D eigenvalue weighted by Gasteiger charge is 2.34. The number of hydrogen-bond donors (Lipinski definition) is 0. The lowest BCUT2D eigenvalue weighted by molar-refractivity contribution is -0.874. The second-order valence-corrected chi connectivity index (χ2v) is 10.5. The lowest BCUT2D eigenvalue weighted by Crippen LogP contribution is -2.52. The van der Waals surface area contributed by atoms with Crippen LogP contribution in [0.25, 0.3) is 0 Å². The molecule has 0 aliphatic heterocycles.